The molecule has 0 aromatic heterocycles. The van der Waals surface area contributed by atoms with E-state index < -0.39 is 76.0 Å². The van der Waals surface area contributed by atoms with Gasteiger partial charge in [0.2, 0.25) is 0 Å². The Morgan fingerprint density at radius 2 is 1.19 bits per heavy atom. The Morgan fingerprint density at radius 3 is 1.75 bits per heavy atom. The predicted molar refractivity (Wildman–Crippen MR) is 247 cm³/mol. The number of phosphoric acid groups is 1. The van der Waals surface area contributed by atoms with Crippen molar-refractivity contribution in [3.8, 4) is 0 Å². The Bertz CT molecular complexity index is 1280. The van der Waals surface area contributed by atoms with Crippen molar-refractivity contribution in [2.24, 2.45) is 17.6 Å². The summed E-state index contributed by atoms with van der Waals surface area (Å²) >= 11 is 0. The molecule has 0 aliphatic heterocycles. The molecule has 1 aliphatic rings. The third kappa shape index (κ3) is 32.2. The molecule has 0 radical (unpaired) electrons. The van der Waals surface area contributed by atoms with E-state index >= 15 is 0 Å². The van der Waals surface area contributed by atoms with Crippen LogP contribution in [0.5, 0.6) is 0 Å². The van der Waals surface area contributed by atoms with Crippen molar-refractivity contribution in [2.45, 2.75) is 231 Å². The van der Waals surface area contributed by atoms with Crippen molar-refractivity contribution in [1.82, 2.24) is 0 Å². The van der Waals surface area contributed by atoms with Crippen LogP contribution in [0.1, 0.15) is 200 Å². The molecule has 1 unspecified atom stereocenters. The van der Waals surface area contributed by atoms with Gasteiger partial charge in [-0.05, 0) is 38.0 Å². The molecule has 1 rings (SSSR count). The summed E-state index contributed by atoms with van der Waals surface area (Å²) in [6, 6.07) is -1.56. The lowest BCUT2D eigenvalue weighted by Crippen LogP contribution is -2.34. The van der Waals surface area contributed by atoms with Crippen LogP contribution >= 0.6 is 7.82 Å². The number of phosphoric ester groups is 1. The van der Waals surface area contributed by atoms with Gasteiger partial charge in [-0.1, -0.05) is 173 Å². The molecule has 368 valence electrons. The molecule has 0 heterocycles. The minimum absolute atomic E-state index is 0.0476. The van der Waals surface area contributed by atoms with E-state index in [2.05, 4.69) is 18.4 Å². The number of carbonyl (C=O) groups is 3. The molecule has 63 heavy (non-hydrogen) atoms. The van der Waals surface area contributed by atoms with Gasteiger partial charge in [0.1, 0.15) is 12.6 Å². The number of rotatable bonds is 42. The number of carbonyl (C=O) groups excluding carboxylic acids is 2. The number of esters is 2. The second-order valence-electron chi connectivity index (χ2n) is 17.6. The standard InChI is InChI=1S/C48H88NO13P/c1-3-5-7-8-9-10-11-12-13-14-15-16-17-18-19-20-21-22-28-32-47(54)62-40(37-60-63(57,58)61-38-43(49)48(55)56)36-59-46(53)31-27-24-23-26-30-41-42(45(52)35-44(41)51)34-33-39(50)29-25-6-4-2/h23,26,33-34,39-45,50-52H,3-22,24-25,27-32,35-38,49H2,1-2H3,(H,55,56)(H,57,58)/b26-23+,34-33+/t39-,40+,41+,42+,43-,44-,45+/m0/s1. The molecule has 15 heteroatoms. The van der Waals surface area contributed by atoms with E-state index in [4.69, 9.17) is 24.8 Å². The average Bonchev–Trinajstić information content (AvgIpc) is 3.52. The largest absolute Gasteiger partial charge is 0.480 e. The summed E-state index contributed by atoms with van der Waals surface area (Å²) in [4.78, 5) is 46.3. The van der Waals surface area contributed by atoms with Crippen molar-refractivity contribution >= 4 is 25.7 Å². The maximum Gasteiger partial charge on any atom is 0.472 e. The van der Waals surface area contributed by atoms with Gasteiger partial charge in [-0.15, -0.1) is 0 Å². The molecule has 7 N–H and O–H groups in total. The Morgan fingerprint density at radius 1 is 0.683 bits per heavy atom. The zero-order valence-corrected chi connectivity index (χ0v) is 39.9. The summed E-state index contributed by atoms with van der Waals surface area (Å²) in [7, 11) is -4.78. The highest BCUT2D eigenvalue weighted by Gasteiger charge is 2.39. The summed E-state index contributed by atoms with van der Waals surface area (Å²) in [5, 5.41) is 40.3. The third-order valence-corrected chi connectivity index (χ3v) is 12.7. The molecule has 8 atom stereocenters. The van der Waals surface area contributed by atoms with E-state index in [1.807, 2.05) is 18.2 Å². The Balaban J connectivity index is 2.42. The number of carboxylic acids is 1. The molecule has 0 saturated heterocycles. The normalized spacial score (nSPS) is 20.2. The zero-order valence-electron chi connectivity index (χ0n) is 39.0. The number of ether oxygens (including phenoxy) is 2. The van der Waals surface area contributed by atoms with Crippen molar-refractivity contribution in [2.75, 3.05) is 19.8 Å². The summed E-state index contributed by atoms with van der Waals surface area (Å²) in [6.45, 7) is 2.49. The first-order valence-corrected chi connectivity index (χ1v) is 26.1. The van der Waals surface area contributed by atoms with Gasteiger partial charge >= 0.3 is 25.7 Å². The topological polar surface area (TPSA) is 232 Å². The molecule has 0 aromatic rings. The molecule has 0 amide bonds. The molecule has 0 aromatic carbocycles. The lowest BCUT2D eigenvalue weighted by atomic mass is 9.89. The van der Waals surface area contributed by atoms with Gasteiger partial charge in [0, 0.05) is 25.2 Å². The predicted octanol–water partition coefficient (Wildman–Crippen LogP) is 9.78. The number of unbranched alkanes of at least 4 members (excludes halogenated alkanes) is 21. The van der Waals surface area contributed by atoms with Gasteiger partial charge in [0.25, 0.3) is 0 Å². The van der Waals surface area contributed by atoms with Gasteiger partial charge in [0.05, 0.1) is 31.5 Å². The highest BCUT2D eigenvalue weighted by Crippen LogP contribution is 2.43. The van der Waals surface area contributed by atoms with Crippen LogP contribution in [0.4, 0.5) is 0 Å². The van der Waals surface area contributed by atoms with Crippen molar-refractivity contribution in [1.29, 1.82) is 0 Å². The quantitative estimate of drug-likeness (QED) is 0.0145. The van der Waals surface area contributed by atoms with Crippen LogP contribution in [0.25, 0.3) is 0 Å². The minimum atomic E-state index is -4.78. The van der Waals surface area contributed by atoms with E-state index in [-0.39, 0.29) is 31.1 Å². The first kappa shape index (κ1) is 58.9. The van der Waals surface area contributed by atoms with Crippen molar-refractivity contribution < 1.29 is 62.8 Å². The maximum atomic E-state index is 12.7. The van der Waals surface area contributed by atoms with Crippen LogP contribution < -0.4 is 5.73 Å². The monoisotopic (exact) mass is 918 g/mol. The van der Waals surface area contributed by atoms with Gasteiger partial charge in [-0.2, -0.15) is 0 Å². The SMILES string of the molecule is CCCCCCCCCCCCCCCCCCCCCC(=O)O[C@H](COC(=O)CCC/C=C/C[C@@H]1[C@@H](/C=C/[C@@H](O)CCCCC)[C@H](O)C[C@@H]1O)COP(=O)(O)OC[C@H](N)C(=O)O. The molecular weight excluding hydrogens is 829 g/mol. The molecule has 1 aliphatic carbocycles. The number of aliphatic hydroxyl groups excluding tert-OH is 3. The van der Waals surface area contributed by atoms with Gasteiger partial charge in [0.15, 0.2) is 6.10 Å². The van der Waals surface area contributed by atoms with E-state index in [1.165, 1.54) is 96.3 Å². The van der Waals surface area contributed by atoms with Crippen LogP contribution in [0, 0.1) is 11.8 Å². The highest BCUT2D eigenvalue weighted by atomic mass is 31.2. The smallest absolute Gasteiger partial charge is 0.472 e. The Hall–Kier alpha value is -2.16. The molecular formula is C48H88NO13P. The molecule has 0 bridgehead atoms. The maximum absolute atomic E-state index is 12.7. The first-order valence-electron chi connectivity index (χ1n) is 24.6. The van der Waals surface area contributed by atoms with E-state index in [0.29, 0.717) is 32.1 Å². The molecule has 1 fully saturated rings. The molecule has 14 nitrogen and oxygen atoms in total. The van der Waals surface area contributed by atoms with E-state index in [9.17, 15) is 39.2 Å². The fourth-order valence-corrected chi connectivity index (χ4v) is 8.60. The first-order chi connectivity index (χ1) is 30.3. The van der Waals surface area contributed by atoms with Gasteiger partial charge in [-0.25, -0.2) is 4.57 Å². The number of carboxylic acid groups (broad SMARTS) is 1. The van der Waals surface area contributed by atoms with E-state index in [0.717, 1.165) is 38.5 Å². The molecule has 1 saturated carbocycles. The summed E-state index contributed by atoms with van der Waals surface area (Å²) in [5.41, 5.74) is 5.34. The fraction of sp³-hybridized carbons (Fsp3) is 0.854. The summed E-state index contributed by atoms with van der Waals surface area (Å²) in [6.07, 6.45) is 33.3. The number of nitrogens with two attached hydrogens (primary N) is 1. The number of aliphatic hydroxyl groups is 3. The number of hydrogen-bond acceptors (Lipinski definition) is 12. The second-order valence-corrected chi connectivity index (χ2v) is 19.0. The lowest BCUT2D eigenvalue weighted by Gasteiger charge is -2.20. The Kier molecular flexibility index (Phi) is 35.5. The van der Waals surface area contributed by atoms with Crippen molar-refractivity contribution in [3.05, 3.63) is 24.3 Å². The third-order valence-electron chi connectivity index (χ3n) is 11.8. The number of allylic oxidation sites excluding steroid dienone is 2. The van der Waals surface area contributed by atoms with E-state index in [1.54, 1.807) is 6.08 Å². The highest BCUT2D eigenvalue weighted by molar-refractivity contribution is 7.47. The van der Waals surface area contributed by atoms with Crippen LogP contribution in [0.15, 0.2) is 24.3 Å². The average molecular weight is 918 g/mol. The van der Waals surface area contributed by atoms with Crippen LogP contribution in [-0.2, 0) is 37.5 Å². The fourth-order valence-electron chi connectivity index (χ4n) is 7.83. The van der Waals surface area contributed by atoms with Crippen molar-refractivity contribution in [3.63, 3.8) is 0 Å². The number of hydrogen-bond donors (Lipinski definition) is 6. The summed E-state index contributed by atoms with van der Waals surface area (Å²) in [5.74, 6) is -3.04. The van der Waals surface area contributed by atoms with Crippen LogP contribution in [0.3, 0.4) is 0 Å². The van der Waals surface area contributed by atoms with Crippen LogP contribution in [0.2, 0.25) is 0 Å². The Labute approximate surface area is 379 Å². The van der Waals surface area contributed by atoms with Crippen LogP contribution in [-0.4, -0.2) is 93.5 Å². The zero-order chi connectivity index (χ0) is 46.6. The van der Waals surface area contributed by atoms with Gasteiger partial charge < -0.3 is 40.5 Å². The minimum Gasteiger partial charge on any atom is -0.480 e. The summed E-state index contributed by atoms with van der Waals surface area (Å²) < 4.78 is 32.8. The van der Waals surface area contributed by atoms with Gasteiger partial charge in [-0.3, -0.25) is 23.4 Å². The second kappa shape index (κ2) is 38.0. The molecule has 0 spiro atoms. The lowest BCUT2D eigenvalue weighted by molar-refractivity contribution is -0.161. The number of aliphatic carboxylic acids is 1.